The molecule has 0 spiro atoms. The Balaban J connectivity index is 2.05. The smallest absolute Gasteiger partial charge is 0.262 e. The van der Waals surface area contributed by atoms with Gasteiger partial charge in [0.05, 0.1) is 22.6 Å². The van der Waals surface area contributed by atoms with Crippen molar-refractivity contribution in [2.24, 2.45) is 0 Å². The van der Waals surface area contributed by atoms with Crippen molar-refractivity contribution in [1.82, 2.24) is 9.97 Å². The molecule has 1 aromatic carbocycles. The van der Waals surface area contributed by atoms with Crippen molar-refractivity contribution in [3.63, 3.8) is 0 Å². The second-order valence-corrected chi connectivity index (χ2v) is 8.29. The first-order valence-corrected chi connectivity index (χ1v) is 9.97. The first-order valence-electron chi connectivity index (χ1n) is 7.67. The van der Waals surface area contributed by atoms with Crippen molar-refractivity contribution in [3.8, 4) is 16.3 Å². The van der Waals surface area contributed by atoms with E-state index in [4.69, 9.17) is 10.5 Å². The van der Waals surface area contributed by atoms with Crippen LogP contribution in [0.1, 0.15) is 11.3 Å². The molecule has 3 aromatic rings. The number of nitrogens with one attached hydrogen (secondary N) is 1. The number of nitrogens with zero attached hydrogens (tertiary/aromatic N) is 2. The second-order valence-electron chi connectivity index (χ2n) is 5.61. The Morgan fingerprint density at radius 3 is 2.65 bits per heavy atom. The van der Waals surface area contributed by atoms with Gasteiger partial charge in [0.1, 0.15) is 5.69 Å². The number of pyridine rings is 1. The molecular formula is C17H18N4O3S2. The highest BCUT2D eigenvalue weighted by Crippen LogP contribution is 2.34. The van der Waals surface area contributed by atoms with Crippen molar-refractivity contribution in [2.45, 2.75) is 18.7 Å². The van der Waals surface area contributed by atoms with Crippen LogP contribution in [0.2, 0.25) is 0 Å². The van der Waals surface area contributed by atoms with Gasteiger partial charge in [0.25, 0.3) is 10.0 Å². The van der Waals surface area contributed by atoms with E-state index in [9.17, 15) is 8.42 Å². The second kappa shape index (κ2) is 6.93. The SMILES string of the molecule is COc1ncccc1NS(=O)(=O)c1cc(-c2sc(N)nc2C)ccc1C. The lowest BCUT2D eigenvalue weighted by Gasteiger charge is -2.13. The maximum atomic E-state index is 12.9. The fraction of sp³-hybridized carbons (Fsp3) is 0.176. The molecule has 0 atom stereocenters. The summed E-state index contributed by atoms with van der Waals surface area (Å²) < 4.78 is 33.5. The van der Waals surface area contributed by atoms with Gasteiger partial charge in [-0.15, -0.1) is 0 Å². The van der Waals surface area contributed by atoms with Crippen LogP contribution in [-0.2, 0) is 10.0 Å². The van der Waals surface area contributed by atoms with E-state index < -0.39 is 10.0 Å². The Bertz CT molecular complexity index is 1060. The van der Waals surface area contributed by atoms with Crippen LogP contribution < -0.4 is 15.2 Å². The molecule has 7 nitrogen and oxygen atoms in total. The van der Waals surface area contributed by atoms with Gasteiger partial charge in [-0.3, -0.25) is 4.72 Å². The molecule has 0 saturated carbocycles. The van der Waals surface area contributed by atoms with Crippen LogP contribution in [0.3, 0.4) is 0 Å². The largest absolute Gasteiger partial charge is 0.480 e. The number of rotatable bonds is 5. The van der Waals surface area contributed by atoms with Gasteiger partial charge in [0, 0.05) is 6.20 Å². The van der Waals surface area contributed by atoms with Gasteiger partial charge >= 0.3 is 0 Å². The maximum Gasteiger partial charge on any atom is 0.262 e. The number of aromatic nitrogens is 2. The predicted octanol–water partition coefficient (Wildman–Crippen LogP) is 3.21. The quantitative estimate of drug-likeness (QED) is 0.693. The average molecular weight is 390 g/mol. The highest BCUT2D eigenvalue weighted by Gasteiger charge is 2.21. The van der Waals surface area contributed by atoms with Crippen LogP contribution in [0, 0.1) is 13.8 Å². The first kappa shape index (κ1) is 18.2. The lowest BCUT2D eigenvalue weighted by Crippen LogP contribution is -2.15. The molecular weight excluding hydrogens is 372 g/mol. The third-order valence-corrected chi connectivity index (χ3v) is 6.30. The normalized spacial score (nSPS) is 11.3. The van der Waals surface area contributed by atoms with Crippen molar-refractivity contribution < 1.29 is 13.2 Å². The molecule has 136 valence electrons. The van der Waals surface area contributed by atoms with Crippen LogP contribution in [0.25, 0.3) is 10.4 Å². The number of benzene rings is 1. The van der Waals surface area contributed by atoms with Crippen molar-refractivity contribution in [3.05, 3.63) is 47.8 Å². The molecule has 0 amide bonds. The van der Waals surface area contributed by atoms with Crippen LogP contribution >= 0.6 is 11.3 Å². The minimum atomic E-state index is -3.83. The summed E-state index contributed by atoms with van der Waals surface area (Å²) in [5, 5.41) is 0.445. The van der Waals surface area contributed by atoms with Crippen molar-refractivity contribution >= 4 is 32.2 Å². The molecule has 0 saturated heterocycles. The van der Waals surface area contributed by atoms with Crippen molar-refractivity contribution in [2.75, 3.05) is 17.6 Å². The third kappa shape index (κ3) is 3.49. The van der Waals surface area contributed by atoms with Gasteiger partial charge in [-0.05, 0) is 43.2 Å². The lowest BCUT2D eigenvalue weighted by atomic mass is 10.1. The molecule has 0 aliphatic heterocycles. The Hall–Kier alpha value is -2.65. The van der Waals surface area contributed by atoms with Gasteiger partial charge in [0.15, 0.2) is 5.13 Å². The molecule has 2 aromatic heterocycles. The molecule has 0 aliphatic rings. The number of aryl methyl sites for hydroxylation is 2. The van der Waals surface area contributed by atoms with E-state index in [1.165, 1.54) is 24.6 Å². The van der Waals surface area contributed by atoms with Gasteiger partial charge < -0.3 is 10.5 Å². The summed E-state index contributed by atoms with van der Waals surface area (Å²) >= 11 is 1.32. The van der Waals surface area contributed by atoms with E-state index in [2.05, 4.69) is 14.7 Å². The lowest BCUT2D eigenvalue weighted by molar-refractivity contribution is 0.400. The molecule has 0 aliphatic carbocycles. The molecule has 9 heteroatoms. The predicted molar refractivity (Wildman–Crippen MR) is 103 cm³/mol. The molecule has 0 fully saturated rings. The summed E-state index contributed by atoms with van der Waals surface area (Å²) in [7, 11) is -2.40. The van der Waals surface area contributed by atoms with E-state index in [1.54, 1.807) is 31.2 Å². The Morgan fingerprint density at radius 2 is 2.00 bits per heavy atom. The van der Waals surface area contributed by atoms with Gasteiger partial charge in [0.2, 0.25) is 5.88 Å². The van der Waals surface area contributed by atoms with E-state index in [0.717, 1.165) is 16.1 Å². The number of ether oxygens (including phenoxy) is 1. The number of anilines is 2. The fourth-order valence-corrected chi connectivity index (χ4v) is 4.71. The number of methoxy groups -OCH3 is 1. The van der Waals surface area contributed by atoms with Gasteiger partial charge in [-0.25, -0.2) is 18.4 Å². The molecule has 3 N–H and O–H groups in total. The highest BCUT2D eigenvalue weighted by atomic mass is 32.2. The van der Waals surface area contributed by atoms with Gasteiger partial charge in [-0.1, -0.05) is 23.5 Å². The van der Waals surface area contributed by atoms with Crippen LogP contribution in [0.4, 0.5) is 10.8 Å². The minimum absolute atomic E-state index is 0.173. The number of thiazole rings is 1. The standard InChI is InChI=1S/C17H18N4O3S2/c1-10-6-7-12(15-11(2)20-17(18)25-15)9-14(10)26(22,23)21-13-5-4-8-19-16(13)24-3/h4-9,21H,1-3H3,(H2,18,20). The summed E-state index contributed by atoms with van der Waals surface area (Å²) in [6, 6.07) is 8.48. The zero-order chi connectivity index (χ0) is 18.9. The van der Waals surface area contributed by atoms with E-state index in [0.29, 0.717) is 10.7 Å². The van der Waals surface area contributed by atoms with Crippen LogP contribution in [0.5, 0.6) is 5.88 Å². The Kier molecular flexibility index (Phi) is 4.84. The molecule has 0 radical (unpaired) electrons. The molecule has 3 rings (SSSR count). The first-order chi connectivity index (χ1) is 12.3. The zero-order valence-electron chi connectivity index (χ0n) is 14.5. The number of hydrogen-bond acceptors (Lipinski definition) is 7. The van der Waals surface area contributed by atoms with E-state index >= 15 is 0 Å². The Labute approximate surface area is 155 Å². The van der Waals surface area contributed by atoms with Crippen molar-refractivity contribution in [1.29, 1.82) is 0 Å². The summed E-state index contributed by atoms with van der Waals surface area (Å²) in [6.45, 7) is 3.59. The number of hydrogen-bond donors (Lipinski definition) is 2. The van der Waals surface area contributed by atoms with E-state index in [1.807, 2.05) is 13.0 Å². The number of sulfonamides is 1. The maximum absolute atomic E-state index is 12.9. The number of nitrogens with two attached hydrogens (primary N) is 1. The topological polar surface area (TPSA) is 107 Å². The highest BCUT2D eigenvalue weighted by molar-refractivity contribution is 7.92. The number of nitrogen functional groups attached to an aromatic ring is 1. The average Bonchev–Trinajstić information content (AvgIpc) is 2.93. The molecule has 0 bridgehead atoms. The third-order valence-electron chi connectivity index (χ3n) is 3.76. The molecule has 0 unspecified atom stereocenters. The Morgan fingerprint density at radius 1 is 1.23 bits per heavy atom. The molecule has 2 heterocycles. The minimum Gasteiger partial charge on any atom is -0.480 e. The van der Waals surface area contributed by atoms with Gasteiger partial charge in [-0.2, -0.15) is 0 Å². The summed E-state index contributed by atoms with van der Waals surface area (Å²) in [5.74, 6) is 0.205. The summed E-state index contributed by atoms with van der Waals surface area (Å²) in [6.07, 6.45) is 1.53. The molecule has 26 heavy (non-hydrogen) atoms. The monoisotopic (exact) mass is 390 g/mol. The van der Waals surface area contributed by atoms with Crippen LogP contribution in [0.15, 0.2) is 41.4 Å². The summed E-state index contributed by atoms with van der Waals surface area (Å²) in [4.78, 5) is 9.22. The fourth-order valence-electron chi connectivity index (χ4n) is 2.55. The summed E-state index contributed by atoms with van der Waals surface area (Å²) in [5.41, 5.74) is 8.18. The zero-order valence-corrected chi connectivity index (χ0v) is 16.1. The van der Waals surface area contributed by atoms with E-state index in [-0.39, 0.29) is 16.5 Å². The van der Waals surface area contributed by atoms with Crippen LogP contribution in [-0.4, -0.2) is 25.5 Å².